The molecule has 1 saturated carbocycles. The van der Waals surface area contributed by atoms with Crippen LogP contribution in [0, 0.1) is 18.8 Å². The lowest BCUT2D eigenvalue weighted by atomic mass is 9.81. The number of carbonyl (C=O) groups excluding carboxylic acids is 2. The first-order chi connectivity index (χ1) is 15.0. The lowest BCUT2D eigenvalue weighted by Gasteiger charge is -2.28. The first kappa shape index (κ1) is 21.2. The molecule has 0 saturated heterocycles. The third-order valence-electron chi connectivity index (χ3n) is 6.16. The van der Waals surface area contributed by atoms with Gasteiger partial charge < -0.3 is 25.8 Å². The fourth-order valence-electron chi connectivity index (χ4n) is 4.27. The standard InChI is InChI=1S/C24H29N3O4/c1-15-5-6-18(23(28)26-13-17-4-2-3-16(9-17)12-25)10-20(15)27-24(29)19-7-8-21-22(11-19)31-14-30-21/h5-8,10-11,16-17H,2-4,9,12-14,25H2,1H3,(H,26,28)(H,27,29). The van der Waals surface area contributed by atoms with Crippen molar-refractivity contribution in [2.45, 2.75) is 32.6 Å². The van der Waals surface area contributed by atoms with Crippen LogP contribution < -0.4 is 25.8 Å². The van der Waals surface area contributed by atoms with Gasteiger partial charge in [0, 0.05) is 23.4 Å². The minimum Gasteiger partial charge on any atom is -0.454 e. The van der Waals surface area contributed by atoms with Crippen LogP contribution in [-0.4, -0.2) is 31.7 Å². The highest BCUT2D eigenvalue weighted by atomic mass is 16.7. The largest absolute Gasteiger partial charge is 0.454 e. The molecule has 7 heteroatoms. The summed E-state index contributed by atoms with van der Waals surface area (Å²) in [6, 6.07) is 10.4. The Kier molecular flexibility index (Phi) is 6.42. The number of nitrogens with two attached hydrogens (primary N) is 1. The quantitative estimate of drug-likeness (QED) is 0.660. The lowest BCUT2D eigenvalue weighted by Crippen LogP contribution is -2.33. The van der Waals surface area contributed by atoms with E-state index in [9.17, 15) is 9.59 Å². The maximum atomic E-state index is 12.7. The van der Waals surface area contributed by atoms with Gasteiger partial charge in [-0.1, -0.05) is 12.5 Å². The normalized spacial score (nSPS) is 19.7. The van der Waals surface area contributed by atoms with Crippen molar-refractivity contribution < 1.29 is 19.1 Å². The minimum absolute atomic E-state index is 0.131. The minimum atomic E-state index is -0.269. The van der Waals surface area contributed by atoms with Crippen LogP contribution >= 0.6 is 0 Å². The first-order valence-corrected chi connectivity index (χ1v) is 10.8. The van der Waals surface area contributed by atoms with Crippen LogP contribution in [0.15, 0.2) is 36.4 Å². The summed E-state index contributed by atoms with van der Waals surface area (Å²) in [5.74, 6) is 1.82. The summed E-state index contributed by atoms with van der Waals surface area (Å²) in [6.07, 6.45) is 4.55. The van der Waals surface area contributed by atoms with Gasteiger partial charge in [-0.15, -0.1) is 0 Å². The lowest BCUT2D eigenvalue weighted by molar-refractivity contribution is 0.0939. The Bertz CT molecular complexity index is 975. The van der Waals surface area contributed by atoms with E-state index in [0.29, 0.717) is 46.7 Å². The summed E-state index contributed by atoms with van der Waals surface area (Å²) < 4.78 is 10.6. The van der Waals surface area contributed by atoms with E-state index in [4.69, 9.17) is 15.2 Å². The van der Waals surface area contributed by atoms with Crippen LogP contribution in [0.4, 0.5) is 5.69 Å². The molecule has 0 radical (unpaired) electrons. The molecule has 4 N–H and O–H groups in total. The number of ether oxygens (including phenoxy) is 2. The van der Waals surface area contributed by atoms with Crippen molar-refractivity contribution in [2.24, 2.45) is 17.6 Å². The molecule has 0 spiro atoms. The van der Waals surface area contributed by atoms with Gasteiger partial charge in [-0.05, 0) is 80.5 Å². The van der Waals surface area contributed by atoms with E-state index in [2.05, 4.69) is 10.6 Å². The predicted octanol–water partition coefficient (Wildman–Crippen LogP) is 3.47. The highest BCUT2D eigenvalue weighted by molar-refractivity contribution is 6.06. The molecule has 0 aromatic heterocycles. The van der Waals surface area contributed by atoms with Crippen LogP contribution in [-0.2, 0) is 0 Å². The Morgan fingerprint density at radius 3 is 2.58 bits per heavy atom. The molecule has 0 bridgehead atoms. The highest BCUT2D eigenvalue weighted by Gasteiger charge is 2.22. The summed E-state index contributed by atoms with van der Waals surface area (Å²) in [5, 5.41) is 5.95. The molecule has 2 atom stereocenters. The average molecular weight is 424 g/mol. The second-order valence-corrected chi connectivity index (χ2v) is 8.40. The molecule has 4 rings (SSSR count). The number of carbonyl (C=O) groups is 2. The van der Waals surface area contributed by atoms with Gasteiger partial charge in [0.15, 0.2) is 11.5 Å². The Morgan fingerprint density at radius 2 is 1.74 bits per heavy atom. The Hall–Kier alpha value is -3.06. The van der Waals surface area contributed by atoms with Crippen molar-refractivity contribution in [1.82, 2.24) is 5.32 Å². The van der Waals surface area contributed by atoms with E-state index in [-0.39, 0.29) is 18.6 Å². The molecule has 1 aliphatic heterocycles. The van der Waals surface area contributed by atoms with Gasteiger partial charge in [-0.2, -0.15) is 0 Å². The Morgan fingerprint density at radius 1 is 1.00 bits per heavy atom. The molecule has 1 aliphatic carbocycles. The molecule has 2 aromatic carbocycles. The predicted molar refractivity (Wildman–Crippen MR) is 119 cm³/mol. The maximum Gasteiger partial charge on any atom is 0.255 e. The van der Waals surface area contributed by atoms with Crippen LogP contribution in [0.3, 0.4) is 0 Å². The van der Waals surface area contributed by atoms with Crippen molar-refractivity contribution in [3.05, 3.63) is 53.1 Å². The second kappa shape index (κ2) is 9.39. The molecule has 164 valence electrons. The Balaban J connectivity index is 1.39. The number of rotatable bonds is 6. The van der Waals surface area contributed by atoms with Crippen LogP contribution in [0.2, 0.25) is 0 Å². The number of fused-ring (bicyclic) bond motifs is 1. The summed E-state index contributed by atoms with van der Waals surface area (Å²) in [5.41, 5.74) is 8.29. The molecule has 2 aromatic rings. The number of nitrogens with one attached hydrogen (secondary N) is 2. The molecular weight excluding hydrogens is 394 g/mol. The fourth-order valence-corrected chi connectivity index (χ4v) is 4.27. The van der Waals surface area contributed by atoms with E-state index in [0.717, 1.165) is 24.9 Å². The molecule has 2 unspecified atom stereocenters. The monoisotopic (exact) mass is 423 g/mol. The van der Waals surface area contributed by atoms with Gasteiger partial charge in [0.05, 0.1) is 0 Å². The number of anilines is 1. The molecule has 2 amide bonds. The number of hydrogen-bond donors (Lipinski definition) is 3. The molecule has 1 heterocycles. The van der Waals surface area contributed by atoms with Gasteiger partial charge in [-0.25, -0.2) is 0 Å². The number of aryl methyl sites for hydroxylation is 1. The van der Waals surface area contributed by atoms with E-state index in [1.807, 2.05) is 13.0 Å². The van der Waals surface area contributed by atoms with E-state index in [1.54, 1.807) is 30.3 Å². The third-order valence-corrected chi connectivity index (χ3v) is 6.16. The first-order valence-electron chi connectivity index (χ1n) is 10.8. The molecule has 1 fully saturated rings. The number of hydrogen-bond acceptors (Lipinski definition) is 5. The van der Waals surface area contributed by atoms with Crippen molar-refractivity contribution in [3.63, 3.8) is 0 Å². The van der Waals surface area contributed by atoms with Gasteiger partial charge in [-0.3, -0.25) is 9.59 Å². The molecule has 7 nitrogen and oxygen atoms in total. The zero-order chi connectivity index (χ0) is 21.8. The van der Waals surface area contributed by atoms with Gasteiger partial charge >= 0.3 is 0 Å². The van der Waals surface area contributed by atoms with Crippen molar-refractivity contribution in [1.29, 1.82) is 0 Å². The summed E-state index contributed by atoms with van der Waals surface area (Å²) in [7, 11) is 0. The smallest absolute Gasteiger partial charge is 0.255 e. The topological polar surface area (TPSA) is 103 Å². The van der Waals surface area contributed by atoms with Gasteiger partial charge in [0.2, 0.25) is 6.79 Å². The van der Waals surface area contributed by atoms with E-state index < -0.39 is 0 Å². The van der Waals surface area contributed by atoms with Gasteiger partial charge in [0.25, 0.3) is 11.8 Å². The van der Waals surface area contributed by atoms with Crippen LogP contribution in [0.25, 0.3) is 0 Å². The number of benzene rings is 2. The van der Waals surface area contributed by atoms with E-state index in [1.165, 1.54) is 12.8 Å². The fraction of sp³-hybridized carbons (Fsp3) is 0.417. The zero-order valence-corrected chi connectivity index (χ0v) is 17.8. The second-order valence-electron chi connectivity index (χ2n) is 8.40. The summed E-state index contributed by atoms with van der Waals surface area (Å²) in [6.45, 7) is 3.42. The third kappa shape index (κ3) is 4.99. The van der Waals surface area contributed by atoms with E-state index >= 15 is 0 Å². The van der Waals surface area contributed by atoms with Crippen molar-refractivity contribution >= 4 is 17.5 Å². The van der Waals surface area contributed by atoms with Crippen LogP contribution in [0.5, 0.6) is 11.5 Å². The van der Waals surface area contributed by atoms with Gasteiger partial charge in [0.1, 0.15) is 0 Å². The highest BCUT2D eigenvalue weighted by Crippen LogP contribution is 2.33. The summed E-state index contributed by atoms with van der Waals surface area (Å²) in [4.78, 5) is 25.4. The number of amides is 2. The maximum absolute atomic E-state index is 12.7. The summed E-state index contributed by atoms with van der Waals surface area (Å²) >= 11 is 0. The molecular formula is C24H29N3O4. The zero-order valence-electron chi connectivity index (χ0n) is 17.8. The molecule has 2 aliphatic rings. The van der Waals surface area contributed by atoms with Crippen molar-refractivity contribution in [3.8, 4) is 11.5 Å². The SMILES string of the molecule is Cc1ccc(C(=O)NCC2CCCC(CN)C2)cc1NC(=O)c1ccc2c(c1)OCO2. The Labute approximate surface area is 182 Å². The van der Waals surface area contributed by atoms with Crippen LogP contribution in [0.1, 0.15) is 52.0 Å². The average Bonchev–Trinajstić information content (AvgIpc) is 3.27. The van der Waals surface area contributed by atoms with Crippen molar-refractivity contribution in [2.75, 3.05) is 25.2 Å². The molecule has 31 heavy (non-hydrogen) atoms.